The van der Waals surface area contributed by atoms with Gasteiger partial charge in [0.1, 0.15) is 35.2 Å². The van der Waals surface area contributed by atoms with Crippen molar-refractivity contribution < 1.29 is 28.2 Å². The number of aryl methyl sites for hydroxylation is 1. The Bertz CT molecular complexity index is 2260. The molecule has 1 aliphatic carbocycles. The van der Waals surface area contributed by atoms with Crippen LogP contribution in [0.15, 0.2) is 30.5 Å². The van der Waals surface area contributed by atoms with E-state index in [-0.39, 0.29) is 28.6 Å². The standard InChI is InChI=1S/C51H74F2N6O4Si/c1-9-40-43(52)17-16-37-24-39(63-64(32(2)3,33(4)5)34(6)7)25-41(44(37)40)46-45(53)47-42(28-55-46)48(58-22-10-19-50(8,61)30-58)57-49(56-47)62-31-51-20-11-23-59(51)38(18-21-51)27-54-26-35-12-14-36(29-60)15-13-35/h16-17,24-25,28,32-36,38,54,60-61H,9-15,18-23,26-27,29-31H2,1-8H3/t35?,36?,38-,50+,51-/m0/s1. The number of hydrogen-bond acceptors (Lipinski definition) is 10. The van der Waals surface area contributed by atoms with Crippen LogP contribution in [0.5, 0.6) is 11.8 Å². The number of aliphatic hydroxyl groups excluding tert-OH is 1. The number of anilines is 1. The number of β-amino-alcohol motifs (C(OH)–C–C–N with tert-alkyl or cyclic N) is 1. The van der Waals surface area contributed by atoms with Crippen LogP contribution in [0, 0.1) is 23.5 Å². The van der Waals surface area contributed by atoms with Crippen LogP contribution >= 0.6 is 0 Å². The number of piperidine rings is 1. The first-order chi connectivity index (χ1) is 30.6. The minimum atomic E-state index is -2.43. The van der Waals surface area contributed by atoms with Gasteiger partial charge in [0.25, 0.3) is 8.32 Å². The van der Waals surface area contributed by atoms with Crippen molar-refractivity contribution in [2.24, 2.45) is 11.8 Å². The minimum Gasteiger partial charge on any atom is -0.543 e. The van der Waals surface area contributed by atoms with Crippen LogP contribution in [0.25, 0.3) is 32.9 Å². The number of halogens is 2. The van der Waals surface area contributed by atoms with E-state index in [0.717, 1.165) is 70.0 Å². The highest BCUT2D eigenvalue weighted by Gasteiger charge is 2.50. The van der Waals surface area contributed by atoms with E-state index in [1.165, 1.54) is 18.9 Å². The summed E-state index contributed by atoms with van der Waals surface area (Å²) in [6, 6.07) is 7.63. The van der Waals surface area contributed by atoms with Crippen molar-refractivity contribution >= 4 is 35.8 Å². The number of aliphatic hydroxyl groups is 2. The smallest absolute Gasteiger partial charge is 0.319 e. The number of benzene rings is 2. The predicted octanol–water partition coefficient (Wildman–Crippen LogP) is 10.4. The zero-order chi connectivity index (χ0) is 45.6. The van der Waals surface area contributed by atoms with E-state index in [4.69, 9.17) is 24.1 Å². The SMILES string of the molecule is CCc1c(F)ccc2cc(O[Si](C(C)C)(C(C)C)C(C)C)cc(-c3ncc4c(N5CCC[C@@](C)(O)C5)nc(OC[C@@]56CCCN5[C@H](CNCC5CCC(CO)CC5)CC6)nc4c3F)c12. The number of ether oxygens (including phenoxy) is 1. The first-order valence-corrected chi connectivity index (χ1v) is 26.7. The second-order valence-electron chi connectivity index (χ2n) is 21.1. The molecule has 0 amide bonds. The van der Waals surface area contributed by atoms with Crippen LogP contribution in [0.2, 0.25) is 16.6 Å². The van der Waals surface area contributed by atoms with Crippen molar-refractivity contribution in [2.75, 3.05) is 50.8 Å². The maximum Gasteiger partial charge on any atom is 0.319 e. The number of pyridine rings is 1. The van der Waals surface area contributed by atoms with Gasteiger partial charge in [0.05, 0.1) is 16.5 Å². The lowest BCUT2D eigenvalue weighted by molar-refractivity contribution is 0.0447. The van der Waals surface area contributed by atoms with E-state index in [1.807, 2.05) is 30.9 Å². The molecular formula is C51H74F2N6O4Si. The van der Waals surface area contributed by atoms with Gasteiger partial charge in [-0.15, -0.1) is 0 Å². The Labute approximate surface area is 381 Å². The number of rotatable bonds is 16. The highest BCUT2D eigenvalue weighted by molar-refractivity contribution is 6.78. The van der Waals surface area contributed by atoms with Gasteiger partial charge in [-0.25, -0.2) is 8.78 Å². The average Bonchev–Trinajstić information content (AvgIpc) is 3.84. The van der Waals surface area contributed by atoms with Gasteiger partial charge in [0, 0.05) is 44.0 Å². The van der Waals surface area contributed by atoms with Crippen LogP contribution in [0.4, 0.5) is 14.6 Å². The molecule has 0 spiro atoms. The number of aromatic nitrogens is 3. The maximum absolute atomic E-state index is 17.8. The van der Waals surface area contributed by atoms with Crippen LogP contribution in [0.3, 0.4) is 0 Å². The molecule has 0 bridgehead atoms. The third-order valence-electron chi connectivity index (χ3n) is 15.9. The molecule has 0 unspecified atom stereocenters. The molecule has 64 heavy (non-hydrogen) atoms. The molecule has 0 radical (unpaired) electrons. The van der Waals surface area contributed by atoms with Crippen molar-refractivity contribution in [2.45, 2.75) is 160 Å². The topological polar surface area (TPSA) is 116 Å². The molecule has 1 saturated carbocycles. The molecule has 10 nitrogen and oxygen atoms in total. The Hall–Kier alpha value is -3.49. The van der Waals surface area contributed by atoms with E-state index >= 15 is 8.78 Å². The molecule has 2 aromatic heterocycles. The van der Waals surface area contributed by atoms with E-state index in [2.05, 4.69) is 51.8 Å². The summed E-state index contributed by atoms with van der Waals surface area (Å²) in [6.45, 7) is 21.8. The second kappa shape index (κ2) is 19.0. The third kappa shape index (κ3) is 9.01. The summed E-state index contributed by atoms with van der Waals surface area (Å²) < 4.78 is 47.4. The van der Waals surface area contributed by atoms with Gasteiger partial charge < -0.3 is 29.6 Å². The fourth-order valence-corrected chi connectivity index (χ4v) is 17.9. The fraction of sp³-hybridized carbons (Fsp3) is 0.667. The van der Waals surface area contributed by atoms with E-state index < -0.39 is 19.7 Å². The molecular weight excluding hydrogens is 827 g/mol. The molecule has 8 rings (SSSR count). The Morgan fingerprint density at radius 1 is 0.906 bits per heavy atom. The maximum atomic E-state index is 17.8. The molecule has 350 valence electrons. The number of nitrogens with one attached hydrogen (secondary N) is 1. The van der Waals surface area contributed by atoms with Gasteiger partial charge in [-0.1, -0.05) is 54.5 Å². The Kier molecular flexibility index (Phi) is 14.0. The zero-order valence-corrected chi connectivity index (χ0v) is 40.8. The first kappa shape index (κ1) is 47.0. The summed E-state index contributed by atoms with van der Waals surface area (Å²) in [5.41, 5.74) is 0.947. The lowest BCUT2D eigenvalue weighted by atomic mass is 9.82. The molecule has 2 aromatic carbocycles. The number of fused-ring (bicyclic) bond motifs is 3. The largest absolute Gasteiger partial charge is 0.543 e. The molecule has 4 fully saturated rings. The molecule has 3 atom stereocenters. The third-order valence-corrected chi connectivity index (χ3v) is 21.9. The number of hydrogen-bond donors (Lipinski definition) is 3. The molecule has 13 heteroatoms. The van der Waals surface area contributed by atoms with Gasteiger partial charge in [0.15, 0.2) is 5.82 Å². The molecule has 3 N–H and O–H groups in total. The Morgan fingerprint density at radius 2 is 1.62 bits per heavy atom. The van der Waals surface area contributed by atoms with Crippen molar-refractivity contribution in [1.82, 2.24) is 25.2 Å². The van der Waals surface area contributed by atoms with Gasteiger partial charge in [-0.2, -0.15) is 9.97 Å². The lowest BCUT2D eigenvalue weighted by Crippen LogP contribution is -2.50. The Morgan fingerprint density at radius 3 is 2.31 bits per heavy atom. The van der Waals surface area contributed by atoms with Gasteiger partial charge in [-0.3, -0.25) is 9.88 Å². The quantitative estimate of drug-likeness (QED) is 0.0939. The average molecular weight is 901 g/mol. The molecule has 5 heterocycles. The van der Waals surface area contributed by atoms with Crippen molar-refractivity contribution in [3.05, 3.63) is 47.7 Å². The monoisotopic (exact) mass is 901 g/mol. The normalized spacial score (nSPS) is 25.7. The van der Waals surface area contributed by atoms with Crippen LogP contribution in [-0.2, 0) is 6.42 Å². The highest BCUT2D eigenvalue weighted by atomic mass is 28.4. The second-order valence-corrected chi connectivity index (χ2v) is 26.5. The molecule has 4 aliphatic rings. The highest BCUT2D eigenvalue weighted by Crippen LogP contribution is 2.47. The summed E-state index contributed by atoms with van der Waals surface area (Å²) in [5, 5.41) is 26.4. The number of nitrogens with zero attached hydrogens (tertiary/aromatic N) is 5. The van der Waals surface area contributed by atoms with Gasteiger partial charge in [0.2, 0.25) is 0 Å². The van der Waals surface area contributed by atoms with Gasteiger partial charge >= 0.3 is 6.01 Å². The summed E-state index contributed by atoms with van der Waals surface area (Å²) in [5.74, 6) is 1.29. The van der Waals surface area contributed by atoms with E-state index in [9.17, 15) is 10.2 Å². The predicted molar refractivity (Wildman–Crippen MR) is 256 cm³/mol. The summed E-state index contributed by atoms with van der Waals surface area (Å²) in [4.78, 5) is 19.3. The first-order valence-electron chi connectivity index (χ1n) is 24.6. The zero-order valence-electron chi connectivity index (χ0n) is 39.8. The van der Waals surface area contributed by atoms with E-state index in [1.54, 1.807) is 12.3 Å². The molecule has 3 aliphatic heterocycles. The molecule has 4 aromatic rings. The van der Waals surface area contributed by atoms with Crippen molar-refractivity contribution in [3.63, 3.8) is 0 Å². The summed E-state index contributed by atoms with van der Waals surface area (Å²) >= 11 is 0. The lowest BCUT2D eigenvalue weighted by Gasteiger charge is -2.42. The van der Waals surface area contributed by atoms with E-state index in [0.29, 0.717) is 107 Å². The van der Waals surface area contributed by atoms with Crippen LogP contribution in [0.1, 0.15) is 125 Å². The minimum absolute atomic E-state index is 0.0727. The van der Waals surface area contributed by atoms with Crippen LogP contribution < -0.4 is 19.4 Å². The van der Waals surface area contributed by atoms with Gasteiger partial charge in [-0.05, 0) is 154 Å². The fourth-order valence-electron chi connectivity index (χ4n) is 12.7. The molecule has 3 saturated heterocycles. The summed E-state index contributed by atoms with van der Waals surface area (Å²) in [6.07, 6.45) is 12.2. The Balaban J connectivity index is 1.16. The van der Waals surface area contributed by atoms with Crippen molar-refractivity contribution in [1.29, 1.82) is 0 Å². The van der Waals surface area contributed by atoms with Crippen molar-refractivity contribution in [3.8, 4) is 23.0 Å². The summed E-state index contributed by atoms with van der Waals surface area (Å²) in [7, 11) is -2.43. The van der Waals surface area contributed by atoms with Crippen LogP contribution in [-0.4, -0.2) is 102 Å².